The van der Waals surface area contributed by atoms with Crippen LogP contribution in [-0.2, 0) is 6.54 Å². The third kappa shape index (κ3) is 6.65. The van der Waals surface area contributed by atoms with Crippen LogP contribution in [0.15, 0.2) is 41.4 Å². The molecule has 0 saturated heterocycles. The number of methoxy groups -OCH3 is 4. The highest BCUT2D eigenvalue weighted by atomic mass is 16.5. The van der Waals surface area contributed by atoms with Crippen molar-refractivity contribution in [1.82, 2.24) is 10.6 Å². The highest BCUT2D eigenvalue weighted by Crippen LogP contribution is 2.38. The zero-order valence-corrected chi connectivity index (χ0v) is 18.3. The van der Waals surface area contributed by atoms with Crippen molar-refractivity contribution in [3.8, 4) is 28.7 Å². The lowest BCUT2D eigenvalue weighted by molar-refractivity contribution is 0.310. The van der Waals surface area contributed by atoms with Gasteiger partial charge in [0.15, 0.2) is 17.5 Å². The zero-order valence-electron chi connectivity index (χ0n) is 18.3. The summed E-state index contributed by atoms with van der Waals surface area (Å²) in [7, 11) is 8.16. The van der Waals surface area contributed by atoms with E-state index in [9.17, 15) is 0 Å². The van der Waals surface area contributed by atoms with Gasteiger partial charge in [-0.05, 0) is 48.4 Å². The van der Waals surface area contributed by atoms with Crippen molar-refractivity contribution < 1.29 is 23.7 Å². The third-order valence-electron chi connectivity index (χ3n) is 4.35. The van der Waals surface area contributed by atoms with Gasteiger partial charge in [0.25, 0.3) is 0 Å². The number of benzene rings is 2. The number of nitrogens with zero attached hydrogens (tertiary/aromatic N) is 1. The minimum absolute atomic E-state index is 0.554. The monoisotopic (exact) mass is 417 g/mol. The van der Waals surface area contributed by atoms with E-state index < -0.39 is 0 Å². The van der Waals surface area contributed by atoms with Crippen LogP contribution in [0.5, 0.6) is 28.7 Å². The molecule has 0 bridgehead atoms. The molecule has 8 heteroatoms. The fourth-order valence-corrected chi connectivity index (χ4v) is 2.78. The second-order valence-electron chi connectivity index (χ2n) is 6.26. The first-order chi connectivity index (χ1) is 14.6. The van der Waals surface area contributed by atoms with Gasteiger partial charge in [-0.25, -0.2) is 0 Å². The Morgan fingerprint density at radius 2 is 1.47 bits per heavy atom. The molecule has 2 aromatic rings. The lowest BCUT2D eigenvalue weighted by atomic mass is 10.2. The summed E-state index contributed by atoms with van der Waals surface area (Å²) < 4.78 is 27.0. The molecule has 0 heterocycles. The summed E-state index contributed by atoms with van der Waals surface area (Å²) in [6, 6.07) is 11.4. The van der Waals surface area contributed by atoms with Crippen LogP contribution in [-0.4, -0.2) is 54.6 Å². The molecule has 0 unspecified atom stereocenters. The van der Waals surface area contributed by atoms with E-state index in [4.69, 9.17) is 23.7 Å². The normalized spacial score (nSPS) is 10.9. The van der Waals surface area contributed by atoms with Gasteiger partial charge in [0, 0.05) is 20.1 Å². The molecule has 30 heavy (non-hydrogen) atoms. The average molecular weight is 418 g/mol. The van der Waals surface area contributed by atoms with Gasteiger partial charge in [0.2, 0.25) is 5.75 Å². The van der Waals surface area contributed by atoms with Crippen LogP contribution in [0.1, 0.15) is 12.0 Å². The Bertz CT molecular complexity index is 784. The highest BCUT2D eigenvalue weighted by Gasteiger charge is 2.13. The van der Waals surface area contributed by atoms with Crippen molar-refractivity contribution in [2.24, 2.45) is 4.99 Å². The quantitative estimate of drug-likeness (QED) is 0.330. The summed E-state index contributed by atoms with van der Waals surface area (Å²) in [5.41, 5.74) is 0.982. The summed E-state index contributed by atoms with van der Waals surface area (Å²) >= 11 is 0. The Kier molecular flexibility index (Phi) is 9.44. The van der Waals surface area contributed by atoms with Crippen molar-refractivity contribution in [3.63, 3.8) is 0 Å². The van der Waals surface area contributed by atoms with Gasteiger partial charge >= 0.3 is 0 Å². The minimum atomic E-state index is 0.554. The summed E-state index contributed by atoms with van der Waals surface area (Å²) in [6.07, 6.45) is 0.830. The van der Waals surface area contributed by atoms with Crippen LogP contribution in [0, 0.1) is 0 Å². The van der Waals surface area contributed by atoms with Gasteiger partial charge in [-0.3, -0.25) is 4.99 Å². The predicted molar refractivity (Wildman–Crippen MR) is 117 cm³/mol. The van der Waals surface area contributed by atoms with Gasteiger partial charge in [-0.2, -0.15) is 0 Å². The first-order valence-corrected chi connectivity index (χ1v) is 9.65. The molecule has 0 saturated carbocycles. The van der Waals surface area contributed by atoms with E-state index >= 15 is 0 Å². The first kappa shape index (κ1) is 23.0. The second-order valence-corrected chi connectivity index (χ2v) is 6.26. The van der Waals surface area contributed by atoms with E-state index in [1.54, 1.807) is 35.5 Å². The number of rotatable bonds is 11. The van der Waals surface area contributed by atoms with Crippen molar-refractivity contribution in [2.75, 3.05) is 48.6 Å². The molecule has 0 radical (unpaired) electrons. The van der Waals surface area contributed by atoms with Crippen molar-refractivity contribution in [3.05, 3.63) is 42.0 Å². The fourth-order valence-electron chi connectivity index (χ4n) is 2.78. The maximum Gasteiger partial charge on any atom is 0.203 e. The molecule has 0 spiro atoms. The smallest absolute Gasteiger partial charge is 0.203 e. The second kappa shape index (κ2) is 12.3. The summed E-state index contributed by atoms with van der Waals surface area (Å²) in [5.74, 6) is 4.14. The average Bonchev–Trinajstić information content (AvgIpc) is 2.80. The van der Waals surface area contributed by atoms with Crippen molar-refractivity contribution in [1.29, 1.82) is 0 Å². The molecular formula is C22H31N3O5. The molecule has 0 amide bonds. The van der Waals surface area contributed by atoms with Crippen LogP contribution in [0.25, 0.3) is 0 Å². The van der Waals surface area contributed by atoms with E-state index in [1.807, 2.05) is 36.4 Å². The Hall–Kier alpha value is -3.29. The minimum Gasteiger partial charge on any atom is -0.497 e. The Morgan fingerprint density at radius 1 is 0.833 bits per heavy atom. The molecule has 0 aliphatic rings. The Morgan fingerprint density at radius 3 is 2.00 bits per heavy atom. The molecule has 0 aliphatic heterocycles. The van der Waals surface area contributed by atoms with Crippen molar-refractivity contribution >= 4 is 5.96 Å². The molecule has 2 aromatic carbocycles. The summed E-state index contributed by atoms with van der Waals surface area (Å²) in [4.78, 5) is 4.25. The van der Waals surface area contributed by atoms with E-state index in [-0.39, 0.29) is 0 Å². The number of hydrogen-bond acceptors (Lipinski definition) is 6. The molecule has 0 fully saturated rings. The van der Waals surface area contributed by atoms with Gasteiger partial charge < -0.3 is 34.3 Å². The largest absolute Gasteiger partial charge is 0.497 e. The molecule has 2 rings (SSSR count). The summed E-state index contributed by atoms with van der Waals surface area (Å²) in [5, 5.41) is 6.55. The molecule has 164 valence electrons. The van der Waals surface area contributed by atoms with Crippen LogP contribution in [0.3, 0.4) is 0 Å². The van der Waals surface area contributed by atoms with E-state index in [1.165, 1.54) is 0 Å². The van der Waals surface area contributed by atoms with Gasteiger partial charge in [-0.15, -0.1) is 0 Å². The van der Waals surface area contributed by atoms with E-state index in [0.717, 1.165) is 30.0 Å². The first-order valence-electron chi connectivity index (χ1n) is 9.65. The standard InChI is InChI=1S/C22H31N3O5/c1-23-22(24-11-6-12-30-18-9-7-17(26-2)8-10-18)25-15-16-13-19(27-3)21(29-5)20(14-16)28-4/h7-10,13-14H,6,11-12,15H2,1-5H3,(H2,23,24,25). The third-order valence-corrected chi connectivity index (χ3v) is 4.35. The van der Waals surface area contributed by atoms with Gasteiger partial charge in [0.1, 0.15) is 11.5 Å². The lowest BCUT2D eigenvalue weighted by Gasteiger charge is -2.16. The molecule has 8 nitrogen and oxygen atoms in total. The van der Waals surface area contributed by atoms with Crippen LogP contribution >= 0.6 is 0 Å². The number of aliphatic imine (C=N–C) groups is 1. The molecular weight excluding hydrogens is 386 g/mol. The molecule has 2 N–H and O–H groups in total. The number of ether oxygens (including phenoxy) is 5. The molecule has 0 atom stereocenters. The van der Waals surface area contributed by atoms with E-state index in [2.05, 4.69) is 15.6 Å². The SMILES string of the molecule is CN=C(NCCCOc1ccc(OC)cc1)NCc1cc(OC)c(OC)c(OC)c1. The Balaban J connectivity index is 1.78. The lowest BCUT2D eigenvalue weighted by Crippen LogP contribution is -2.37. The Labute approximate surface area is 178 Å². The maximum absolute atomic E-state index is 5.73. The van der Waals surface area contributed by atoms with Crippen LogP contribution in [0.2, 0.25) is 0 Å². The summed E-state index contributed by atoms with van der Waals surface area (Å²) in [6.45, 7) is 1.88. The van der Waals surface area contributed by atoms with Crippen LogP contribution < -0.4 is 34.3 Å². The number of hydrogen-bond donors (Lipinski definition) is 2. The predicted octanol–water partition coefficient (Wildman–Crippen LogP) is 2.86. The topological polar surface area (TPSA) is 82.6 Å². The zero-order chi connectivity index (χ0) is 21.8. The number of guanidine groups is 1. The fraction of sp³-hybridized carbons (Fsp3) is 0.409. The van der Waals surface area contributed by atoms with E-state index in [0.29, 0.717) is 36.4 Å². The van der Waals surface area contributed by atoms with Gasteiger partial charge in [0.05, 0.1) is 35.0 Å². The molecule has 0 aliphatic carbocycles. The van der Waals surface area contributed by atoms with Gasteiger partial charge in [-0.1, -0.05) is 0 Å². The maximum atomic E-state index is 5.73. The molecule has 0 aromatic heterocycles. The number of nitrogens with one attached hydrogen (secondary N) is 2. The van der Waals surface area contributed by atoms with Crippen LogP contribution in [0.4, 0.5) is 0 Å². The van der Waals surface area contributed by atoms with Crippen molar-refractivity contribution in [2.45, 2.75) is 13.0 Å². The highest BCUT2D eigenvalue weighted by molar-refractivity contribution is 5.79.